The number of fused-ring (bicyclic) bond motifs is 1. The lowest BCUT2D eigenvalue weighted by Gasteiger charge is -2.29. The molecule has 0 atom stereocenters. The molecule has 0 saturated heterocycles. The number of carbonyl (C=O) groups is 1. The van der Waals surface area contributed by atoms with Crippen molar-refractivity contribution in [2.24, 2.45) is 11.8 Å². The second-order valence-corrected chi connectivity index (χ2v) is 9.65. The van der Waals surface area contributed by atoms with Gasteiger partial charge in [-0.3, -0.25) is 4.79 Å². The standard InChI is InChI=1S/C25H29Cl2N5O/c1-32(2)23-18-6-3-4-9-21(18)30-25(31-23)29-15-17-12-10-16(11-13-17)14-28-24(33)19-7-5-8-20(26)22(19)27/h3-9,16-17H,10-15H2,1-2H3,(H,28,33)(H,29,30,31). The highest BCUT2D eigenvalue weighted by Gasteiger charge is 2.22. The molecule has 174 valence electrons. The van der Waals surface area contributed by atoms with E-state index < -0.39 is 0 Å². The molecule has 3 aromatic rings. The maximum absolute atomic E-state index is 12.5. The summed E-state index contributed by atoms with van der Waals surface area (Å²) in [5.74, 6) is 2.46. The van der Waals surface area contributed by atoms with Crippen molar-refractivity contribution < 1.29 is 4.79 Å². The van der Waals surface area contributed by atoms with E-state index in [0.717, 1.165) is 48.9 Å². The Labute approximate surface area is 204 Å². The largest absolute Gasteiger partial charge is 0.362 e. The van der Waals surface area contributed by atoms with Crippen LogP contribution < -0.4 is 15.5 Å². The van der Waals surface area contributed by atoms with Crippen LogP contribution in [-0.4, -0.2) is 43.1 Å². The number of para-hydroxylation sites is 1. The van der Waals surface area contributed by atoms with E-state index in [-0.39, 0.29) is 5.91 Å². The van der Waals surface area contributed by atoms with E-state index in [1.807, 2.05) is 37.2 Å². The zero-order valence-electron chi connectivity index (χ0n) is 18.9. The van der Waals surface area contributed by atoms with Crippen LogP contribution in [0.3, 0.4) is 0 Å². The van der Waals surface area contributed by atoms with Crippen molar-refractivity contribution in [2.75, 3.05) is 37.4 Å². The van der Waals surface area contributed by atoms with E-state index >= 15 is 0 Å². The van der Waals surface area contributed by atoms with Crippen molar-refractivity contribution in [3.8, 4) is 0 Å². The summed E-state index contributed by atoms with van der Waals surface area (Å²) in [4.78, 5) is 23.9. The van der Waals surface area contributed by atoms with Crippen molar-refractivity contribution in [2.45, 2.75) is 25.7 Å². The van der Waals surface area contributed by atoms with E-state index in [1.165, 1.54) is 0 Å². The molecular formula is C25H29Cl2N5O. The van der Waals surface area contributed by atoms with Gasteiger partial charge in [0.05, 0.1) is 21.1 Å². The smallest absolute Gasteiger partial charge is 0.252 e. The topological polar surface area (TPSA) is 70.2 Å². The summed E-state index contributed by atoms with van der Waals surface area (Å²) in [7, 11) is 4.00. The summed E-state index contributed by atoms with van der Waals surface area (Å²) in [6.45, 7) is 1.50. The van der Waals surface area contributed by atoms with Gasteiger partial charge in [-0.25, -0.2) is 4.98 Å². The molecule has 1 heterocycles. The van der Waals surface area contributed by atoms with Crippen molar-refractivity contribution in [1.29, 1.82) is 0 Å². The van der Waals surface area contributed by atoms with Crippen molar-refractivity contribution >= 4 is 51.8 Å². The summed E-state index contributed by atoms with van der Waals surface area (Å²) in [5.41, 5.74) is 1.37. The molecule has 0 aliphatic heterocycles. The summed E-state index contributed by atoms with van der Waals surface area (Å²) >= 11 is 12.2. The van der Waals surface area contributed by atoms with Gasteiger partial charge in [-0.05, 0) is 61.8 Å². The first-order valence-electron chi connectivity index (χ1n) is 11.3. The third kappa shape index (κ3) is 5.68. The highest BCUT2D eigenvalue weighted by atomic mass is 35.5. The second kappa shape index (κ2) is 10.6. The third-order valence-electron chi connectivity index (χ3n) is 6.27. The number of amides is 1. The van der Waals surface area contributed by atoms with Crippen LogP contribution in [0.5, 0.6) is 0 Å². The minimum Gasteiger partial charge on any atom is -0.362 e. The van der Waals surface area contributed by atoms with E-state index in [4.69, 9.17) is 33.2 Å². The molecule has 1 saturated carbocycles. The summed E-state index contributed by atoms with van der Waals surface area (Å²) in [6.07, 6.45) is 4.38. The normalized spacial score (nSPS) is 18.2. The number of aromatic nitrogens is 2. The fraction of sp³-hybridized carbons (Fsp3) is 0.400. The summed E-state index contributed by atoms with van der Waals surface area (Å²) in [5, 5.41) is 8.22. The van der Waals surface area contributed by atoms with E-state index in [2.05, 4.69) is 16.7 Å². The molecule has 4 rings (SSSR count). The monoisotopic (exact) mass is 485 g/mol. The van der Waals surface area contributed by atoms with Crippen molar-refractivity contribution in [1.82, 2.24) is 15.3 Å². The first kappa shape index (κ1) is 23.6. The van der Waals surface area contributed by atoms with Crippen molar-refractivity contribution in [3.63, 3.8) is 0 Å². The minimum absolute atomic E-state index is 0.170. The molecule has 6 nitrogen and oxygen atoms in total. The predicted molar refractivity (Wildman–Crippen MR) is 137 cm³/mol. The number of nitrogens with one attached hydrogen (secondary N) is 2. The quantitative estimate of drug-likeness (QED) is 0.452. The van der Waals surface area contributed by atoms with Gasteiger partial charge in [0.15, 0.2) is 0 Å². The molecule has 0 spiro atoms. The summed E-state index contributed by atoms with van der Waals surface area (Å²) < 4.78 is 0. The Hall–Kier alpha value is -2.57. The lowest BCUT2D eigenvalue weighted by molar-refractivity contribution is 0.0942. The number of halogens is 2. The molecule has 2 N–H and O–H groups in total. The summed E-state index contributed by atoms with van der Waals surface area (Å²) in [6, 6.07) is 13.2. The third-order valence-corrected chi connectivity index (χ3v) is 7.09. The maximum Gasteiger partial charge on any atom is 0.252 e. The van der Waals surface area contributed by atoms with Crippen LogP contribution in [0.1, 0.15) is 36.0 Å². The van der Waals surface area contributed by atoms with Gasteiger partial charge in [-0.15, -0.1) is 0 Å². The lowest BCUT2D eigenvalue weighted by atomic mass is 9.82. The van der Waals surface area contributed by atoms with Gasteiger partial charge in [0.1, 0.15) is 5.82 Å². The lowest BCUT2D eigenvalue weighted by Crippen LogP contribution is -2.32. The van der Waals surface area contributed by atoms with Gasteiger partial charge >= 0.3 is 0 Å². The van der Waals surface area contributed by atoms with E-state index in [9.17, 15) is 4.79 Å². The van der Waals surface area contributed by atoms with Gasteiger partial charge in [0.25, 0.3) is 5.91 Å². The molecular weight excluding hydrogens is 457 g/mol. The Bertz CT molecular complexity index is 1130. The average molecular weight is 486 g/mol. The van der Waals surface area contributed by atoms with Crippen LogP contribution in [0.25, 0.3) is 10.9 Å². The van der Waals surface area contributed by atoms with Crippen LogP contribution in [-0.2, 0) is 0 Å². The maximum atomic E-state index is 12.5. The first-order chi connectivity index (χ1) is 15.9. The van der Waals surface area contributed by atoms with Crippen LogP contribution >= 0.6 is 23.2 Å². The second-order valence-electron chi connectivity index (χ2n) is 8.86. The van der Waals surface area contributed by atoms with E-state index in [1.54, 1.807) is 18.2 Å². The zero-order valence-corrected chi connectivity index (χ0v) is 20.5. The molecule has 1 aliphatic carbocycles. The number of benzene rings is 2. The number of carbonyl (C=O) groups excluding carboxylic acids is 1. The Morgan fingerprint density at radius 2 is 1.67 bits per heavy atom. The Kier molecular flexibility index (Phi) is 7.56. The molecule has 8 heteroatoms. The van der Waals surface area contributed by atoms with Gasteiger partial charge in [-0.2, -0.15) is 4.98 Å². The molecule has 33 heavy (non-hydrogen) atoms. The van der Waals surface area contributed by atoms with Crippen LogP contribution in [0.15, 0.2) is 42.5 Å². The molecule has 1 amide bonds. The minimum atomic E-state index is -0.170. The van der Waals surface area contributed by atoms with Crippen LogP contribution in [0.2, 0.25) is 10.0 Å². The van der Waals surface area contributed by atoms with Gasteiger partial charge < -0.3 is 15.5 Å². The van der Waals surface area contributed by atoms with Gasteiger partial charge in [0, 0.05) is 32.6 Å². The molecule has 0 bridgehead atoms. The number of anilines is 2. The molecule has 1 aliphatic rings. The SMILES string of the molecule is CN(C)c1nc(NCC2CCC(CNC(=O)c3cccc(Cl)c3Cl)CC2)nc2ccccc12. The number of hydrogen-bond donors (Lipinski definition) is 2. The highest BCUT2D eigenvalue weighted by Crippen LogP contribution is 2.30. The molecule has 0 radical (unpaired) electrons. The van der Waals surface area contributed by atoms with Crippen molar-refractivity contribution in [3.05, 3.63) is 58.1 Å². The highest BCUT2D eigenvalue weighted by molar-refractivity contribution is 6.43. The average Bonchev–Trinajstić information content (AvgIpc) is 2.83. The fourth-order valence-electron chi connectivity index (χ4n) is 4.37. The fourth-order valence-corrected chi connectivity index (χ4v) is 4.75. The molecule has 1 fully saturated rings. The first-order valence-corrected chi connectivity index (χ1v) is 12.1. The Morgan fingerprint density at radius 3 is 2.39 bits per heavy atom. The van der Waals surface area contributed by atoms with Crippen LogP contribution in [0, 0.1) is 11.8 Å². The molecule has 0 unspecified atom stereocenters. The molecule has 1 aromatic heterocycles. The number of hydrogen-bond acceptors (Lipinski definition) is 5. The van der Waals surface area contributed by atoms with E-state index in [0.29, 0.717) is 39.9 Å². The predicted octanol–water partition coefficient (Wildman–Crippen LogP) is 5.65. The van der Waals surface area contributed by atoms with Gasteiger partial charge in [0.2, 0.25) is 5.95 Å². The van der Waals surface area contributed by atoms with Crippen LogP contribution in [0.4, 0.5) is 11.8 Å². The molecule has 2 aromatic carbocycles. The Balaban J connectivity index is 1.27. The Morgan fingerprint density at radius 1 is 0.970 bits per heavy atom. The van der Waals surface area contributed by atoms with Gasteiger partial charge in [-0.1, -0.05) is 41.4 Å². The zero-order chi connectivity index (χ0) is 23.4. The number of rotatable bonds is 7. The number of nitrogens with zero attached hydrogens (tertiary/aromatic N) is 3.